The van der Waals surface area contributed by atoms with Gasteiger partial charge in [0, 0.05) is 10.9 Å². The molecule has 2 nitrogen and oxygen atoms in total. The van der Waals surface area contributed by atoms with Crippen LogP contribution in [0.4, 0.5) is 0 Å². The number of ether oxygens (including phenoxy) is 1. The SMILES string of the molecule is C/C=C/C1(OC(=O)CC)CCCC=C1Br. The van der Waals surface area contributed by atoms with Crippen molar-refractivity contribution in [2.24, 2.45) is 0 Å². The van der Waals surface area contributed by atoms with Gasteiger partial charge < -0.3 is 4.74 Å². The number of rotatable bonds is 3. The lowest BCUT2D eigenvalue weighted by Crippen LogP contribution is -2.35. The third-order valence-electron chi connectivity index (χ3n) is 2.50. The molecule has 0 bridgehead atoms. The minimum atomic E-state index is -0.542. The molecule has 0 fully saturated rings. The number of hydrogen-bond acceptors (Lipinski definition) is 2. The molecule has 0 amide bonds. The van der Waals surface area contributed by atoms with Crippen molar-refractivity contribution in [1.82, 2.24) is 0 Å². The third-order valence-corrected chi connectivity index (χ3v) is 3.50. The Morgan fingerprint density at radius 1 is 1.73 bits per heavy atom. The summed E-state index contributed by atoms with van der Waals surface area (Å²) >= 11 is 3.50. The number of hydrogen-bond donors (Lipinski definition) is 0. The van der Waals surface area contributed by atoms with Crippen molar-refractivity contribution in [2.45, 2.75) is 45.1 Å². The molecule has 0 aromatic carbocycles. The molecule has 0 spiro atoms. The highest BCUT2D eigenvalue weighted by atomic mass is 79.9. The fourth-order valence-electron chi connectivity index (χ4n) is 1.73. The van der Waals surface area contributed by atoms with E-state index in [0.29, 0.717) is 6.42 Å². The molecule has 0 aromatic rings. The van der Waals surface area contributed by atoms with Gasteiger partial charge in [0.15, 0.2) is 5.60 Å². The Balaban J connectivity index is 2.91. The fourth-order valence-corrected chi connectivity index (χ4v) is 2.37. The maximum Gasteiger partial charge on any atom is 0.306 e. The van der Waals surface area contributed by atoms with Crippen molar-refractivity contribution >= 4 is 21.9 Å². The van der Waals surface area contributed by atoms with E-state index in [0.717, 1.165) is 23.7 Å². The molecule has 1 unspecified atom stereocenters. The Morgan fingerprint density at radius 3 is 3.00 bits per heavy atom. The van der Waals surface area contributed by atoms with Crippen LogP contribution >= 0.6 is 15.9 Å². The second kappa shape index (κ2) is 5.50. The van der Waals surface area contributed by atoms with Crippen molar-refractivity contribution in [3.63, 3.8) is 0 Å². The summed E-state index contributed by atoms with van der Waals surface area (Å²) in [6.45, 7) is 3.75. The zero-order chi connectivity index (χ0) is 11.3. The molecule has 84 valence electrons. The van der Waals surface area contributed by atoms with Crippen LogP contribution in [0.2, 0.25) is 0 Å². The van der Waals surface area contributed by atoms with Crippen LogP contribution in [0.1, 0.15) is 39.5 Å². The standard InChI is InChI=1S/C12H17BrO2/c1-3-8-12(15-11(14)4-2)9-6-5-7-10(12)13/h3,7-8H,4-6,9H2,1-2H3/b8-3+. The highest BCUT2D eigenvalue weighted by molar-refractivity contribution is 9.11. The predicted octanol–water partition coefficient (Wildman–Crippen LogP) is 3.72. The van der Waals surface area contributed by atoms with Gasteiger partial charge in [0.05, 0.1) is 0 Å². The molecule has 0 saturated carbocycles. The number of halogens is 1. The van der Waals surface area contributed by atoms with E-state index in [1.54, 1.807) is 0 Å². The van der Waals surface area contributed by atoms with E-state index in [9.17, 15) is 4.79 Å². The molecule has 0 N–H and O–H groups in total. The van der Waals surface area contributed by atoms with E-state index in [4.69, 9.17) is 4.74 Å². The quantitative estimate of drug-likeness (QED) is 0.578. The Kier molecular flexibility index (Phi) is 4.58. The lowest BCUT2D eigenvalue weighted by Gasteiger charge is -2.33. The first kappa shape index (κ1) is 12.5. The van der Waals surface area contributed by atoms with E-state index < -0.39 is 5.60 Å². The van der Waals surface area contributed by atoms with Crippen LogP contribution in [0, 0.1) is 0 Å². The molecule has 15 heavy (non-hydrogen) atoms. The van der Waals surface area contributed by atoms with E-state index >= 15 is 0 Å². The van der Waals surface area contributed by atoms with E-state index in [-0.39, 0.29) is 5.97 Å². The Hall–Kier alpha value is -0.570. The average molecular weight is 273 g/mol. The summed E-state index contributed by atoms with van der Waals surface area (Å²) in [5.41, 5.74) is -0.542. The largest absolute Gasteiger partial charge is 0.449 e. The summed E-state index contributed by atoms with van der Waals surface area (Å²) in [7, 11) is 0. The normalized spacial score (nSPS) is 26.5. The maximum atomic E-state index is 11.4. The van der Waals surface area contributed by atoms with Gasteiger partial charge in [-0.1, -0.05) is 35.0 Å². The minimum Gasteiger partial charge on any atom is -0.449 e. The van der Waals surface area contributed by atoms with Crippen molar-refractivity contribution in [2.75, 3.05) is 0 Å². The molecular weight excluding hydrogens is 256 g/mol. The number of esters is 1. The Morgan fingerprint density at radius 2 is 2.47 bits per heavy atom. The summed E-state index contributed by atoms with van der Waals surface area (Å²) in [5, 5.41) is 0. The van der Waals surface area contributed by atoms with Gasteiger partial charge in [0.25, 0.3) is 0 Å². The first-order valence-corrected chi connectivity index (χ1v) is 6.15. The molecule has 0 heterocycles. The topological polar surface area (TPSA) is 26.3 Å². The van der Waals surface area contributed by atoms with Gasteiger partial charge in [-0.15, -0.1) is 0 Å². The van der Waals surface area contributed by atoms with E-state index in [1.165, 1.54) is 0 Å². The minimum absolute atomic E-state index is 0.152. The van der Waals surface area contributed by atoms with Crippen LogP contribution < -0.4 is 0 Å². The predicted molar refractivity (Wildman–Crippen MR) is 64.8 cm³/mol. The van der Waals surface area contributed by atoms with Gasteiger partial charge in [0.2, 0.25) is 0 Å². The van der Waals surface area contributed by atoms with Crippen LogP contribution in [-0.4, -0.2) is 11.6 Å². The summed E-state index contributed by atoms with van der Waals surface area (Å²) in [6, 6.07) is 0. The van der Waals surface area contributed by atoms with Gasteiger partial charge in [-0.3, -0.25) is 4.79 Å². The number of carbonyl (C=O) groups excluding carboxylic acids is 1. The molecular formula is C12H17BrO2. The maximum absolute atomic E-state index is 11.4. The van der Waals surface area contributed by atoms with Crippen molar-refractivity contribution in [3.05, 3.63) is 22.7 Å². The fraction of sp³-hybridized carbons (Fsp3) is 0.583. The van der Waals surface area contributed by atoms with E-state index in [1.807, 2.05) is 26.0 Å². The lowest BCUT2D eigenvalue weighted by atomic mass is 9.90. The Bertz CT molecular complexity index is 294. The van der Waals surface area contributed by atoms with Gasteiger partial charge in [-0.2, -0.15) is 0 Å². The molecule has 0 aromatic heterocycles. The monoisotopic (exact) mass is 272 g/mol. The zero-order valence-electron chi connectivity index (χ0n) is 9.25. The molecule has 1 aliphatic carbocycles. The zero-order valence-corrected chi connectivity index (χ0v) is 10.8. The first-order chi connectivity index (χ1) is 7.14. The van der Waals surface area contributed by atoms with E-state index in [2.05, 4.69) is 22.0 Å². The van der Waals surface area contributed by atoms with Crippen molar-refractivity contribution in [1.29, 1.82) is 0 Å². The van der Waals surface area contributed by atoms with Crippen LogP contribution in [-0.2, 0) is 9.53 Å². The molecule has 0 radical (unpaired) electrons. The summed E-state index contributed by atoms with van der Waals surface area (Å²) in [4.78, 5) is 11.4. The van der Waals surface area contributed by atoms with Crippen LogP contribution in [0.3, 0.4) is 0 Å². The second-order valence-corrected chi connectivity index (χ2v) is 4.52. The molecule has 0 aliphatic heterocycles. The molecule has 1 rings (SSSR count). The smallest absolute Gasteiger partial charge is 0.306 e. The number of allylic oxidation sites excluding steroid dienone is 2. The summed E-state index contributed by atoms with van der Waals surface area (Å²) in [6.07, 6.45) is 9.36. The molecule has 0 saturated heterocycles. The summed E-state index contributed by atoms with van der Waals surface area (Å²) < 4.78 is 6.51. The lowest BCUT2D eigenvalue weighted by molar-refractivity contribution is -0.152. The molecule has 3 heteroatoms. The van der Waals surface area contributed by atoms with Crippen molar-refractivity contribution in [3.8, 4) is 0 Å². The first-order valence-electron chi connectivity index (χ1n) is 5.36. The highest BCUT2D eigenvalue weighted by Crippen LogP contribution is 2.38. The van der Waals surface area contributed by atoms with Crippen LogP contribution in [0.25, 0.3) is 0 Å². The summed E-state index contributed by atoms with van der Waals surface area (Å²) in [5.74, 6) is -0.152. The number of carbonyl (C=O) groups is 1. The average Bonchev–Trinajstić information content (AvgIpc) is 2.23. The Labute approximate surface area is 99.5 Å². The van der Waals surface area contributed by atoms with Gasteiger partial charge in [-0.05, 0) is 32.3 Å². The molecule has 1 aliphatic rings. The highest BCUT2D eigenvalue weighted by Gasteiger charge is 2.35. The van der Waals surface area contributed by atoms with Crippen molar-refractivity contribution < 1.29 is 9.53 Å². The van der Waals surface area contributed by atoms with Gasteiger partial charge in [0.1, 0.15) is 0 Å². The van der Waals surface area contributed by atoms with Gasteiger partial charge in [-0.25, -0.2) is 0 Å². The van der Waals surface area contributed by atoms with Crippen LogP contribution in [0.15, 0.2) is 22.7 Å². The second-order valence-electron chi connectivity index (χ2n) is 3.66. The van der Waals surface area contributed by atoms with Crippen LogP contribution in [0.5, 0.6) is 0 Å². The third kappa shape index (κ3) is 2.94. The molecule has 1 atom stereocenters. The van der Waals surface area contributed by atoms with Gasteiger partial charge >= 0.3 is 5.97 Å².